The molecule has 0 amide bonds. The molecule has 0 unspecified atom stereocenters. The molecule has 2 aromatic carbocycles. The number of nitrogens with one attached hydrogen (secondary N) is 2. The Kier molecular flexibility index (Phi) is 5.08. The second-order valence-electron chi connectivity index (χ2n) is 5.24. The van der Waals surface area contributed by atoms with Crippen molar-refractivity contribution in [2.75, 3.05) is 5.32 Å². The predicted octanol–water partition coefficient (Wildman–Crippen LogP) is 4.63. The fourth-order valence-electron chi connectivity index (χ4n) is 2.11. The zero-order valence-corrected chi connectivity index (χ0v) is 13.5. The van der Waals surface area contributed by atoms with Crippen LogP contribution in [0.5, 0.6) is 0 Å². The van der Waals surface area contributed by atoms with E-state index in [1.165, 1.54) is 17.7 Å². The van der Waals surface area contributed by atoms with Crippen LogP contribution in [0.3, 0.4) is 0 Å². The molecule has 0 aliphatic carbocycles. The fraction of sp³-hybridized carbons (Fsp3) is 0.235. The molecule has 5 heteroatoms. The highest BCUT2D eigenvalue weighted by molar-refractivity contribution is 7.80. The van der Waals surface area contributed by atoms with Crippen LogP contribution in [0.4, 0.5) is 14.5 Å². The Bertz CT molecular complexity index is 701. The quantitative estimate of drug-likeness (QED) is 0.806. The third kappa shape index (κ3) is 3.80. The van der Waals surface area contributed by atoms with Gasteiger partial charge in [0, 0.05) is 5.69 Å². The third-order valence-electron chi connectivity index (χ3n) is 3.64. The van der Waals surface area contributed by atoms with Crippen LogP contribution in [-0.2, 0) is 0 Å². The molecule has 0 saturated heterocycles. The van der Waals surface area contributed by atoms with Crippen LogP contribution in [0.25, 0.3) is 0 Å². The van der Waals surface area contributed by atoms with Gasteiger partial charge in [0.25, 0.3) is 0 Å². The van der Waals surface area contributed by atoms with Gasteiger partial charge >= 0.3 is 0 Å². The van der Waals surface area contributed by atoms with E-state index in [9.17, 15) is 8.78 Å². The van der Waals surface area contributed by atoms with E-state index in [1.54, 1.807) is 0 Å². The Hall–Kier alpha value is -2.01. The molecule has 2 nitrogen and oxygen atoms in total. The Balaban J connectivity index is 2.05. The van der Waals surface area contributed by atoms with Crippen molar-refractivity contribution < 1.29 is 8.78 Å². The van der Waals surface area contributed by atoms with Crippen molar-refractivity contribution in [2.45, 2.75) is 26.8 Å². The van der Waals surface area contributed by atoms with Crippen molar-refractivity contribution in [3.05, 3.63) is 64.7 Å². The summed E-state index contributed by atoms with van der Waals surface area (Å²) in [7, 11) is 0. The normalized spacial score (nSPS) is 11.9. The number of anilines is 1. The van der Waals surface area contributed by atoms with Gasteiger partial charge in [0.15, 0.2) is 16.7 Å². The molecular formula is C17H18F2N2S. The predicted molar refractivity (Wildman–Crippen MR) is 90.0 cm³/mol. The maximum absolute atomic E-state index is 13.3. The number of halogens is 2. The van der Waals surface area contributed by atoms with Crippen molar-refractivity contribution in [1.29, 1.82) is 0 Å². The molecule has 0 bridgehead atoms. The molecule has 0 saturated carbocycles. The topological polar surface area (TPSA) is 24.1 Å². The van der Waals surface area contributed by atoms with Crippen LogP contribution >= 0.6 is 12.2 Å². The van der Waals surface area contributed by atoms with Crippen LogP contribution < -0.4 is 10.6 Å². The molecule has 2 rings (SSSR count). The lowest BCUT2D eigenvalue weighted by atomic mass is 10.1. The summed E-state index contributed by atoms with van der Waals surface area (Å²) < 4.78 is 26.2. The average Bonchev–Trinajstić information content (AvgIpc) is 2.46. The van der Waals surface area contributed by atoms with E-state index in [4.69, 9.17) is 12.2 Å². The molecule has 1 atom stereocenters. The summed E-state index contributed by atoms with van der Waals surface area (Å²) in [5.74, 6) is -1.72. The molecule has 0 radical (unpaired) electrons. The summed E-state index contributed by atoms with van der Waals surface area (Å²) in [4.78, 5) is 0. The largest absolute Gasteiger partial charge is 0.356 e. The van der Waals surface area contributed by atoms with Gasteiger partial charge in [-0.2, -0.15) is 0 Å². The first-order valence-electron chi connectivity index (χ1n) is 6.97. The molecule has 2 N–H and O–H groups in total. The van der Waals surface area contributed by atoms with Crippen molar-refractivity contribution in [3.8, 4) is 0 Å². The zero-order valence-electron chi connectivity index (χ0n) is 12.7. The van der Waals surface area contributed by atoms with Gasteiger partial charge in [-0.25, -0.2) is 8.78 Å². The van der Waals surface area contributed by atoms with E-state index < -0.39 is 11.6 Å². The number of aryl methyl sites for hydroxylation is 1. The van der Waals surface area contributed by atoms with E-state index in [1.807, 2.05) is 39.0 Å². The van der Waals surface area contributed by atoms with Gasteiger partial charge in [-0.1, -0.05) is 18.2 Å². The first kappa shape index (κ1) is 16.4. The van der Waals surface area contributed by atoms with Crippen molar-refractivity contribution in [3.63, 3.8) is 0 Å². The van der Waals surface area contributed by atoms with E-state index in [0.717, 1.165) is 17.3 Å². The Morgan fingerprint density at radius 2 is 1.82 bits per heavy atom. The van der Waals surface area contributed by atoms with Crippen LogP contribution in [-0.4, -0.2) is 5.11 Å². The number of rotatable bonds is 3. The van der Waals surface area contributed by atoms with E-state index >= 15 is 0 Å². The minimum Gasteiger partial charge on any atom is -0.356 e. The van der Waals surface area contributed by atoms with Crippen molar-refractivity contribution >= 4 is 23.0 Å². The van der Waals surface area contributed by atoms with E-state index in [0.29, 0.717) is 10.7 Å². The molecule has 0 aromatic heterocycles. The lowest BCUT2D eigenvalue weighted by Crippen LogP contribution is -2.31. The smallest absolute Gasteiger partial charge is 0.171 e. The summed E-state index contributed by atoms with van der Waals surface area (Å²) in [5, 5.41) is 6.64. The van der Waals surface area contributed by atoms with Crippen LogP contribution in [0.1, 0.15) is 29.7 Å². The Labute approximate surface area is 134 Å². The molecule has 0 heterocycles. The summed E-state index contributed by atoms with van der Waals surface area (Å²) in [6.45, 7) is 5.88. The monoisotopic (exact) mass is 320 g/mol. The molecule has 0 aliphatic rings. The Morgan fingerprint density at radius 3 is 2.50 bits per heavy atom. The molecular weight excluding hydrogens is 302 g/mol. The highest BCUT2D eigenvalue weighted by Crippen LogP contribution is 2.19. The van der Waals surface area contributed by atoms with Crippen LogP contribution in [0.15, 0.2) is 36.4 Å². The summed E-state index contributed by atoms with van der Waals surface area (Å²) in [6, 6.07) is 9.51. The zero-order chi connectivity index (χ0) is 16.3. The molecule has 0 fully saturated rings. The summed E-state index contributed by atoms with van der Waals surface area (Å²) in [6.07, 6.45) is 0. The van der Waals surface area contributed by atoms with E-state index in [2.05, 4.69) is 10.6 Å². The number of thiocarbonyl (C=S) groups is 1. The second kappa shape index (κ2) is 6.83. The summed E-state index contributed by atoms with van der Waals surface area (Å²) in [5.41, 5.74) is 3.84. The number of hydrogen-bond acceptors (Lipinski definition) is 1. The van der Waals surface area contributed by atoms with Gasteiger partial charge in [-0.3, -0.25) is 0 Å². The lowest BCUT2D eigenvalue weighted by molar-refractivity contribution is 0.505. The molecule has 22 heavy (non-hydrogen) atoms. The first-order valence-corrected chi connectivity index (χ1v) is 7.38. The van der Waals surface area contributed by atoms with E-state index in [-0.39, 0.29) is 6.04 Å². The van der Waals surface area contributed by atoms with Crippen molar-refractivity contribution in [2.24, 2.45) is 0 Å². The lowest BCUT2D eigenvalue weighted by Gasteiger charge is -2.19. The minimum absolute atomic E-state index is 0.236. The standard InChI is InChI=1S/C17H18F2N2S/c1-10-5-4-6-16(11(10)2)21-17(22)20-12(3)13-7-8-14(18)15(19)9-13/h4-9,12H,1-3H3,(H2,20,21,22)/t12-/m0/s1. The van der Waals surface area contributed by atoms with Gasteiger partial charge in [-0.05, 0) is 67.9 Å². The van der Waals surface area contributed by atoms with Crippen molar-refractivity contribution in [1.82, 2.24) is 5.32 Å². The van der Waals surface area contributed by atoms with Gasteiger partial charge in [0.2, 0.25) is 0 Å². The average molecular weight is 320 g/mol. The molecule has 0 spiro atoms. The van der Waals surface area contributed by atoms with Gasteiger partial charge < -0.3 is 10.6 Å². The van der Waals surface area contributed by atoms with Crippen LogP contribution in [0, 0.1) is 25.5 Å². The van der Waals surface area contributed by atoms with Gasteiger partial charge in [0.1, 0.15) is 0 Å². The maximum Gasteiger partial charge on any atom is 0.171 e. The highest BCUT2D eigenvalue weighted by Gasteiger charge is 2.11. The third-order valence-corrected chi connectivity index (χ3v) is 3.86. The minimum atomic E-state index is -0.862. The second-order valence-corrected chi connectivity index (χ2v) is 5.65. The SMILES string of the molecule is Cc1cccc(NC(=S)N[C@@H](C)c2ccc(F)c(F)c2)c1C. The molecule has 2 aromatic rings. The molecule has 0 aliphatic heterocycles. The van der Waals surface area contributed by atoms with Gasteiger partial charge in [0.05, 0.1) is 6.04 Å². The number of hydrogen-bond donors (Lipinski definition) is 2. The van der Waals surface area contributed by atoms with Gasteiger partial charge in [-0.15, -0.1) is 0 Å². The number of benzene rings is 2. The highest BCUT2D eigenvalue weighted by atomic mass is 32.1. The first-order chi connectivity index (χ1) is 10.4. The molecule has 116 valence electrons. The Morgan fingerprint density at radius 1 is 1.09 bits per heavy atom. The summed E-state index contributed by atoms with van der Waals surface area (Å²) >= 11 is 5.28. The fourth-order valence-corrected chi connectivity index (χ4v) is 2.39. The van der Waals surface area contributed by atoms with Crippen LogP contribution in [0.2, 0.25) is 0 Å². The maximum atomic E-state index is 13.3.